The van der Waals surface area contributed by atoms with E-state index in [-0.39, 0.29) is 11.9 Å². The smallest absolute Gasteiger partial charge is 0.254 e. The SMILES string of the molecule is COc1ccc2c(c1)C1CCN(C(=O)c3ccc4c(c3)CC=N4)C2C1. The van der Waals surface area contributed by atoms with Gasteiger partial charge in [-0.25, -0.2) is 0 Å². The molecule has 5 rings (SSSR count). The molecule has 2 aromatic rings. The Morgan fingerprint density at radius 2 is 2.12 bits per heavy atom. The number of carbonyl (C=O) groups excluding carboxylic acids is 1. The molecule has 1 saturated heterocycles. The first-order valence-electron chi connectivity index (χ1n) is 8.89. The number of amides is 1. The largest absolute Gasteiger partial charge is 0.497 e. The third-order valence-corrected chi connectivity index (χ3v) is 5.82. The summed E-state index contributed by atoms with van der Waals surface area (Å²) < 4.78 is 5.38. The fourth-order valence-electron chi connectivity index (χ4n) is 4.54. The Labute approximate surface area is 147 Å². The number of piperidine rings is 1. The lowest BCUT2D eigenvalue weighted by Gasteiger charge is -2.34. The third-order valence-electron chi connectivity index (χ3n) is 5.82. The zero-order chi connectivity index (χ0) is 17.0. The van der Waals surface area contributed by atoms with Gasteiger partial charge in [0.25, 0.3) is 5.91 Å². The molecule has 1 aliphatic carbocycles. The number of rotatable bonds is 2. The van der Waals surface area contributed by atoms with Crippen LogP contribution in [0.1, 0.15) is 51.8 Å². The molecule has 0 saturated carbocycles. The van der Waals surface area contributed by atoms with E-state index < -0.39 is 0 Å². The number of hydrogen-bond acceptors (Lipinski definition) is 3. The molecule has 4 heteroatoms. The van der Waals surface area contributed by atoms with Crippen molar-refractivity contribution in [3.63, 3.8) is 0 Å². The topological polar surface area (TPSA) is 41.9 Å². The van der Waals surface area contributed by atoms with Crippen LogP contribution < -0.4 is 4.74 Å². The molecule has 2 aliphatic heterocycles. The first-order valence-corrected chi connectivity index (χ1v) is 8.89. The summed E-state index contributed by atoms with van der Waals surface area (Å²) in [7, 11) is 1.70. The number of carbonyl (C=O) groups is 1. The Bertz CT molecular complexity index is 903. The van der Waals surface area contributed by atoms with Crippen LogP contribution in [0, 0.1) is 0 Å². The molecule has 1 fully saturated rings. The maximum Gasteiger partial charge on any atom is 0.254 e. The Morgan fingerprint density at radius 3 is 3.00 bits per heavy atom. The highest BCUT2D eigenvalue weighted by Gasteiger charge is 2.41. The highest BCUT2D eigenvalue weighted by molar-refractivity contribution is 5.96. The van der Waals surface area contributed by atoms with Crippen LogP contribution in [0.25, 0.3) is 0 Å². The van der Waals surface area contributed by atoms with Gasteiger partial charge in [0.1, 0.15) is 5.75 Å². The van der Waals surface area contributed by atoms with Crippen molar-refractivity contribution in [3.05, 3.63) is 58.7 Å². The Morgan fingerprint density at radius 1 is 1.20 bits per heavy atom. The Hall–Kier alpha value is -2.62. The summed E-state index contributed by atoms with van der Waals surface area (Å²) in [6, 6.07) is 12.4. The Kier molecular flexibility index (Phi) is 3.20. The lowest BCUT2D eigenvalue weighted by molar-refractivity contribution is 0.0620. The maximum atomic E-state index is 13.2. The molecule has 4 nitrogen and oxygen atoms in total. The third kappa shape index (κ3) is 2.20. The standard InChI is InChI=1S/C21H20N2O2/c1-25-16-3-4-17-18(12-16)13-7-9-23(20(17)11-13)21(24)15-2-5-19-14(10-15)6-8-22-19/h2-5,8,10,12-13,20H,6-7,9,11H2,1H3. The second-order valence-corrected chi connectivity index (χ2v) is 7.09. The number of likely N-dealkylation sites (tertiary alicyclic amines) is 1. The predicted molar refractivity (Wildman–Crippen MR) is 97.0 cm³/mol. The summed E-state index contributed by atoms with van der Waals surface area (Å²) in [5, 5.41) is 0. The molecule has 0 aromatic heterocycles. The molecule has 1 amide bonds. The average Bonchev–Trinajstić information content (AvgIpc) is 3.24. The summed E-state index contributed by atoms with van der Waals surface area (Å²) in [6.45, 7) is 0.818. The van der Waals surface area contributed by atoms with Crippen molar-refractivity contribution in [2.75, 3.05) is 13.7 Å². The van der Waals surface area contributed by atoms with Crippen LogP contribution in [0.3, 0.4) is 0 Å². The summed E-state index contributed by atoms with van der Waals surface area (Å²) >= 11 is 0. The zero-order valence-corrected chi connectivity index (χ0v) is 14.2. The molecular weight excluding hydrogens is 312 g/mol. The van der Waals surface area contributed by atoms with Crippen LogP contribution in [0.2, 0.25) is 0 Å². The molecule has 0 radical (unpaired) electrons. The minimum Gasteiger partial charge on any atom is -0.497 e. The van der Waals surface area contributed by atoms with E-state index >= 15 is 0 Å². The number of aliphatic imine (C=N–C) groups is 1. The monoisotopic (exact) mass is 332 g/mol. The second-order valence-electron chi connectivity index (χ2n) is 7.09. The van der Waals surface area contributed by atoms with Crippen molar-refractivity contribution < 1.29 is 9.53 Å². The van der Waals surface area contributed by atoms with E-state index in [2.05, 4.69) is 22.0 Å². The van der Waals surface area contributed by atoms with Crippen molar-refractivity contribution in [2.45, 2.75) is 31.2 Å². The van der Waals surface area contributed by atoms with Gasteiger partial charge in [-0.15, -0.1) is 0 Å². The number of hydrogen-bond donors (Lipinski definition) is 0. The summed E-state index contributed by atoms with van der Waals surface area (Å²) in [6.07, 6.45) is 4.79. The first kappa shape index (κ1) is 14.7. The highest BCUT2D eigenvalue weighted by atomic mass is 16.5. The van der Waals surface area contributed by atoms with Gasteiger partial charge in [0.2, 0.25) is 0 Å². The molecule has 126 valence electrons. The average molecular weight is 332 g/mol. The van der Waals surface area contributed by atoms with Crippen molar-refractivity contribution in [3.8, 4) is 5.75 Å². The van der Waals surface area contributed by atoms with E-state index in [4.69, 9.17) is 4.74 Å². The van der Waals surface area contributed by atoms with E-state index in [9.17, 15) is 4.79 Å². The maximum absolute atomic E-state index is 13.2. The molecule has 3 aliphatic rings. The Balaban J connectivity index is 1.48. The molecular formula is C21H20N2O2. The van der Waals surface area contributed by atoms with E-state index in [1.165, 1.54) is 11.1 Å². The minimum atomic E-state index is 0.141. The highest BCUT2D eigenvalue weighted by Crippen LogP contribution is 2.50. The van der Waals surface area contributed by atoms with Crippen molar-refractivity contribution in [1.29, 1.82) is 0 Å². The molecule has 2 unspecified atom stereocenters. The van der Waals surface area contributed by atoms with Gasteiger partial charge in [0.15, 0.2) is 0 Å². The quantitative estimate of drug-likeness (QED) is 0.833. The van der Waals surface area contributed by atoms with E-state index in [1.54, 1.807) is 7.11 Å². The number of nitrogens with zero attached hydrogens (tertiary/aromatic N) is 2. The molecule has 2 heterocycles. The second kappa shape index (κ2) is 5.45. The molecule has 25 heavy (non-hydrogen) atoms. The van der Waals surface area contributed by atoms with Crippen molar-refractivity contribution in [2.24, 2.45) is 4.99 Å². The number of fused-ring (bicyclic) bond motifs is 6. The van der Waals surface area contributed by atoms with Crippen molar-refractivity contribution >= 4 is 17.8 Å². The fourth-order valence-corrected chi connectivity index (χ4v) is 4.54. The summed E-state index contributed by atoms with van der Waals surface area (Å²) in [5.74, 6) is 1.59. The van der Waals surface area contributed by atoms with Gasteiger partial charge in [0.05, 0.1) is 18.8 Å². The lowest BCUT2D eigenvalue weighted by Crippen LogP contribution is -2.37. The van der Waals surface area contributed by atoms with Gasteiger partial charge in [-0.05, 0) is 65.8 Å². The van der Waals surface area contributed by atoms with Crippen molar-refractivity contribution in [1.82, 2.24) is 4.90 Å². The molecule has 0 spiro atoms. The van der Waals surface area contributed by atoms with Gasteiger partial charge < -0.3 is 9.64 Å². The number of benzene rings is 2. The first-order chi connectivity index (χ1) is 12.2. The van der Waals surface area contributed by atoms with E-state index in [1.807, 2.05) is 30.5 Å². The normalized spacial score (nSPS) is 22.7. The lowest BCUT2D eigenvalue weighted by atomic mass is 9.95. The van der Waals surface area contributed by atoms with Crippen LogP contribution >= 0.6 is 0 Å². The van der Waals surface area contributed by atoms with Crippen LogP contribution in [-0.2, 0) is 6.42 Å². The minimum absolute atomic E-state index is 0.141. The van der Waals surface area contributed by atoms with Crippen LogP contribution in [-0.4, -0.2) is 30.7 Å². The van der Waals surface area contributed by atoms with Crippen LogP contribution in [0.4, 0.5) is 5.69 Å². The van der Waals surface area contributed by atoms with Crippen LogP contribution in [0.5, 0.6) is 5.75 Å². The van der Waals surface area contributed by atoms with Gasteiger partial charge in [-0.1, -0.05) is 6.07 Å². The molecule has 2 atom stereocenters. The van der Waals surface area contributed by atoms with Gasteiger partial charge in [0, 0.05) is 24.7 Å². The number of ether oxygens (including phenoxy) is 1. The van der Waals surface area contributed by atoms with Gasteiger partial charge >= 0.3 is 0 Å². The molecule has 2 bridgehead atoms. The fraction of sp³-hybridized carbons (Fsp3) is 0.333. The summed E-state index contributed by atoms with van der Waals surface area (Å²) in [4.78, 5) is 19.6. The van der Waals surface area contributed by atoms with Crippen LogP contribution in [0.15, 0.2) is 41.4 Å². The molecule has 0 N–H and O–H groups in total. The van der Waals surface area contributed by atoms with E-state index in [0.717, 1.165) is 48.4 Å². The van der Waals surface area contributed by atoms with Gasteiger partial charge in [-0.2, -0.15) is 0 Å². The number of methoxy groups -OCH3 is 1. The molecule has 2 aromatic carbocycles. The van der Waals surface area contributed by atoms with E-state index in [0.29, 0.717) is 5.92 Å². The zero-order valence-electron chi connectivity index (χ0n) is 14.2. The predicted octanol–water partition coefficient (Wildman–Crippen LogP) is 4.03. The summed E-state index contributed by atoms with van der Waals surface area (Å²) in [5.41, 5.74) is 5.58. The van der Waals surface area contributed by atoms with Gasteiger partial charge in [-0.3, -0.25) is 9.79 Å².